The Morgan fingerprint density at radius 1 is 1.47 bits per heavy atom. The second-order valence-corrected chi connectivity index (χ2v) is 5.33. The highest BCUT2D eigenvalue weighted by Crippen LogP contribution is 2.16. The molecule has 0 fully saturated rings. The van der Waals surface area contributed by atoms with Crippen LogP contribution in [0.2, 0.25) is 0 Å². The van der Waals surface area contributed by atoms with Gasteiger partial charge in [-0.2, -0.15) is 0 Å². The number of nitrogens with zero attached hydrogens (tertiary/aromatic N) is 1. The normalized spacial score (nSPS) is 13.1. The number of pyridine rings is 1. The van der Waals surface area contributed by atoms with E-state index in [9.17, 15) is 4.79 Å². The second kappa shape index (κ2) is 5.47. The lowest BCUT2D eigenvalue weighted by molar-refractivity contribution is 0.445. The predicted molar refractivity (Wildman–Crippen MR) is 73.8 cm³/mol. The topological polar surface area (TPSA) is 34.0 Å². The number of nitrogens with one attached hydrogen (secondary N) is 1. The summed E-state index contributed by atoms with van der Waals surface area (Å²) in [6.45, 7) is 6.95. The maximum Gasteiger partial charge on any atom is 0.259 e. The zero-order chi connectivity index (χ0) is 12.3. The van der Waals surface area contributed by atoms with Gasteiger partial charge in [0.2, 0.25) is 0 Å². The van der Waals surface area contributed by atoms with E-state index in [2.05, 4.69) is 19.2 Å². The zero-order valence-corrected chi connectivity index (χ0v) is 11.1. The molecule has 3 nitrogen and oxygen atoms in total. The minimum absolute atomic E-state index is 0.132. The average Bonchev–Trinajstić information content (AvgIpc) is 2.79. The van der Waals surface area contributed by atoms with Crippen molar-refractivity contribution >= 4 is 21.4 Å². The van der Waals surface area contributed by atoms with Gasteiger partial charge in [-0.3, -0.25) is 4.79 Å². The molecule has 0 saturated carbocycles. The van der Waals surface area contributed by atoms with Crippen molar-refractivity contribution in [2.24, 2.45) is 5.92 Å². The van der Waals surface area contributed by atoms with E-state index in [0.717, 1.165) is 29.7 Å². The maximum atomic E-state index is 12.1. The first-order valence-corrected chi connectivity index (χ1v) is 6.87. The molecule has 2 aromatic rings. The van der Waals surface area contributed by atoms with Gasteiger partial charge in [-0.15, -0.1) is 11.3 Å². The Labute approximate surface area is 105 Å². The van der Waals surface area contributed by atoms with Crippen molar-refractivity contribution in [1.82, 2.24) is 9.88 Å². The molecule has 92 valence electrons. The Balaban J connectivity index is 2.18. The van der Waals surface area contributed by atoms with Gasteiger partial charge in [0.15, 0.2) is 0 Å². The highest BCUT2D eigenvalue weighted by molar-refractivity contribution is 7.17. The standard InChI is InChI=1S/C13H18N2OS/c1-3-14-8-10(2)9-15-6-4-12-11(13(15)16)5-7-17-12/h4-7,10,14H,3,8-9H2,1-2H3. The molecule has 1 unspecified atom stereocenters. The van der Waals surface area contributed by atoms with E-state index in [1.807, 2.05) is 28.3 Å². The first-order valence-electron chi connectivity index (χ1n) is 5.99. The van der Waals surface area contributed by atoms with Gasteiger partial charge >= 0.3 is 0 Å². The van der Waals surface area contributed by atoms with Crippen LogP contribution >= 0.6 is 11.3 Å². The van der Waals surface area contributed by atoms with E-state index >= 15 is 0 Å². The molecule has 0 saturated heterocycles. The van der Waals surface area contributed by atoms with Crippen molar-refractivity contribution in [2.75, 3.05) is 13.1 Å². The van der Waals surface area contributed by atoms with Crippen LogP contribution in [0.1, 0.15) is 13.8 Å². The molecule has 4 heteroatoms. The Hall–Kier alpha value is -1.13. The van der Waals surface area contributed by atoms with Crippen molar-refractivity contribution < 1.29 is 0 Å². The van der Waals surface area contributed by atoms with Crippen LogP contribution in [0, 0.1) is 5.92 Å². The van der Waals surface area contributed by atoms with Crippen LogP contribution < -0.4 is 10.9 Å². The van der Waals surface area contributed by atoms with Crippen LogP contribution in [0.4, 0.5) is 0 Å². The van der Waals surface area contributed by atoms with Gasteiger partial charge in [0, 0.05) is 17.4 Å². The van der Waals surface area contributed by atoms with Gasteiger partial charge < -0.3 is 9.88 Å². The minimum atomic E-state index is 0.132. The van der Waals surface area contributed by atoms with Crippen LogP contribution in [0.5, 0.6) is 0 Å². The van der Waals surface area contributed by atoms with Crippen molar-refractivity contribution in [3.63, 3.8) is 0 Å². The maximum absolute atomic E-state index is 12.1. The summed E-state index contributed by atoms with van der Waals surface area (Å²) in [5, 5.41) is 6.12. The average molecular weight is 250 g/mol. The first-order chi connectivity index (χ1) is 8.22. The molecule has 0 radical (unpaired) electrons. The molecule has 0 aliphatic carbocycles. The lowest BCUT2D eigenvalue weighted by Gasteiger charge is -2.13. The Morgan fingerprint density at radius 3 is 3.06 bits per heavy atom. The van der Waals surface area contributed by atoms with Crippen LogP contribution in [-0.2, 0) is 6.54 Å². The van der Waals surface area contributed by atoms with E-state index in [1.54, 1.807) is 11.3 Å². The minimum Gasteiger partial charge on any atom is -0.317 e. The van der Waals surface area contributed by atoms with Gasteiger partial charge in [-0.05, 0) is 36.5 Å². The van der Waals surface area contributed by atoms with Crippen molar-refractivity contribution in [3.8, 4) is 0 Å². The highest BCUT2D eigenvalue weighted by Gasteiger charge is 2.07. The second-order valence-electron chi connectivity index (χ2n) is 4.38. The van der Waals surface area contributed by atoms with E-state index in [0.29, 0.717) is 5.92 Å². The molecular weight excluding hydrogens is 232 g/mol. The summed E-state index contributed by atoms with van der Waals surface area (Å²) >= 11 is 1.62. The summed E-state index contributed by atoms with van der Waals surface area (Å²) in [5.41, 5.74) is 0.132. The smallest absolute Gasteiger partial charge is 0.259 e. The highest BCUT2D eigenvalue weighted by atomic mass is 32.1. The molecule has 2 rings (SSSR count). The molecule has 2 aromatic heterocycles. The van der Waals surface area contributed by atoms with Crippen LogP contribution in [0.25, 0.3) is 10.1 Å². The molecule has 1 atom stereocenters. The first kappa shape index (κ1) is 12.3. The summed E-state index contributed by atoms with van der Waals surface area (Å²) in [7, 11) is 0. The van der Waals surface area contributed by atoms with E-state index in [-0.39, 0.29) is 5.56 Å². The molecule has 1 N–H and O–H groups in total. The number of fused-ring (bicyclic) bond motifs is 1. The fraction of sp³-hybridized carbons (Fsp3) is 0.462. The van der Waals surface area contributed by atoms with Gasteiger partial charge in [0.05, 0.1) is 5.39 Å². The third-order valence-corrected chi connectivity index (χ3v) is 3.73. The largest absolute Gasteiger partial charge is 0.317 e. The van der Waals surface area contributed by atoms with Crippen LogP contribution in [0.15, 0.2) is 28.5 Å². The molecule has 17 heavy (non-hydrogen) atoms. The lowest BCUT2D eigenvalue weighted by Crippen LogP contribution is -2.28. The molecule has 0 spiro atoms. The lowest BCUT2D eigenvalue weighted by atomic mass is 10.1. The molecular formula is C13H18N2OS. The molecule has 0 aliphatic rings. The summed E-state index contributed by atoms with van der Waals surface area (Å²) in [6.07, 6.45) is 1.91. The quantitative estimate of drug-likeness (QED) is 0.883. The van der Waals surface area contributed by atoms with Crippen LogP contribution in [0.3, 0.4) is 0 Å². The summed E-state index contributed by atoms with van der Waals surface area (Å²) in [6, 6.07) is 3.94. The van der Waals surface area contributed by atoms with Gasteiger partial charge in [-0.25, -0.2) is 0 Å². The van der Waals surface area contributed by atoms with E-state index < -0.39 is 0 Å². The molecule has 2 heterocycles. The monoisotopic (exact) mass is 250 g/mol. The third-order valence-electron chi connectivity index (χ3n) is 2.84. The number of rotatable bonds is 5. The molecule has 0 bridgehead atoms. The van der Waals surface area contributed by atoms with Crippen molar-refractivity contribution in [3.05, 3.63) is 34.1 Å². The fourth-order valence-corrected chi connectivity index (χ4v) is 2.71. The summed E-state index contributed by atoms with van der Waals surface area (Å²) in [5.74, 6) is 0.462. The zero-order valence-electron chi connectivity index (χ0n) is 10.3. The Morgan fingerprint density at radius 2 is 2.29 bits per heavy atom. The Bertz CT molecular complexity index is 544. The van der Waals surface area contributed by atoms with E-state index in [1.165, 1.54) is 0 Å². The van der Waals surface area contributed by atoms with Crippen molar-refractivity contribution in [2.45, 2.75) is 20.4 Å². The molecule has 0 aliphatic heterocycles. The van der Waals surface area contributed by atoms with Gasteiger partial charge in [0.1, 0.15) is 0 Å². The van der Waals surface area contributed by atoms with Gasteiger partial charge in [0.25, 0.3) is 5.56 Å². The van der Waals surface area contributed by atoms with E-state index in [4.69, 9.17) is 0 Å². The fourth-order valence-electron chi connectivity index (χ4n) is 1.94. The molecule has 0 aromatic carbocycles. The van der Waals surface area contributed by atoms with Crippen LogP contribution in [-0.4, -0.2) is 17.7 Å². The summed E-state index contributed by atoms with van der Waals surface area (Å²) < 4.78 is 2.89. The van der Waals surface area contributed by atoms with Crippen molar-refractivity contribution in [1.29, 1.82) is 0 Å². The molecule has 0 amide bonds. The number of hydrogen-bond acceptors (Lipinski definition) is 3. The SMILES string of the molecule is CCNCC(C)Cn1ccc2sccc2c1=O. The number of hydrogen-bond donors (Lipinski definition) is 1. The number of thiophene rings is 1. The third kappa shape index (κ3) is 2.76. The summed E-state index contributed by atoms with van der Waals surface area (Å²) in [4.78, 5) is 12.1. The predicted octanol–water partition coefficient (Wildman–Crippen LogP) is 2.31. The number of aromatic nitrogens is 1. The Kier molecular flexibility index (Phi) is 3.97. The van der Waals surface area contributed by atoms with Gasteiger partial charge in [-0.1, -0.05) is 13.8 Å².